The number of methoxy groups -OCH3 is 1. The Balaban J connectivity index is 2.02. The van der Waals surface area contributed by atoms with Gasteiger partial charge in [0.05, 0.1) is 17.7 Å². The maximum absolute atomic E-state index is 12.6. The van der Waals surface area contributed by atoms with Gasteiger partial charge < -0.3 is 20.1 Å². The highest BCUT2D eigenvalue weighted by Gasteiger charge is 2.29. The number of esters is 1. The summed E-state index contributed by atoms with van der Waals surface area (Å²) in [5.41, 5.74) is 1.44. The van der Waals surface area contributed by atoms with Crippen LogP contribution in [0.15, 0.2) is 35.7 Å². The second kappa shape index (κ2) is 10.1. The number of nitrogens with one attached hydrogen (secondary N) is 2. The molecule has 0 aliphatic carbocycles. The van der Waals surface area contributed by atoms with Gasteiger partial charge in [0.1, 0.15) is 11.8 Å². The van der Waals surface area contributed by atoms with E-state index in [1.54, 1.807) is 43.5 Å². The molecule has 0 unspecified atom stereocenters. The molecule has 2 aromatic rings. The minimum Gasteiger partial charge on any atom is -0.495 e. The molecule has 1 aromatic heterocycles. The van der Waals surface area contributed by atoms with Crippen LogP contribution in [0, 0.1) is 12.8 Å². The van der Waals surface area contributed by atoms with Gasteiger partial charge in [0, 0.05) is 0 Å². The Labute approximate surface area is 174 Å². The van der Waals surface area contributed by atoms with Gasteiger partial charge in [0.15, 0.2) is 6.10 Å². The summed E-state index contributed by atoms with van der Waals surface area (Å²) in [6.07, 6.45) is -1.05. The van der Waals surface area contributed by atoms with E-state index < -0.39 is 24.0 Å². The Hall–Kier alpha value is -2.87. The molecular weight excluding hydrogens is 392 g/mol. The molecule has 156 valence electrons. The van der Waals surface area contributed by atoms with Crippen LogP contribution in [0.5, 0.6) is 5.75 Å². The maximum atomic E-state index is 12.6. The van der Waals surface area contributed by atoms with Crippen LogP contribution >= 0.6 is 11.3 Å². The van der Waals surface area contributed by atoms with Crippen molar-refractivity contribution < 1.29 is 23.9 Å². The summed E-state index contributed by atoms with van der Waals surface area (Å²) >= 11 is 1.28. The van der Waals surface area contributed by atoms with Gasteiger partial charge in [-0.15, -0.1) is 11.3 Å². The zero-order chi connectivity index (χ0) is 21.6. The van der Waals surface area contributed by atoms with Crippen LogP contribution < -0.4 is 15.4 Å². The maximum Gasteiger partial charge on any atom is 0.329 e. The molecule has 2 atom stereocenters. The minimum absolute atomic E-state index is 0.210. The highest BCUT2D eigenvalue weighted by atomic mass is 32.1. The first kappa shape index (κ1) is 22.4. The van der Waals surface area contributed by atoms with Crippen LogP contribution in [-0.2, 0) is 14.3 Å². The fourth-order valence-electron chi connectivity index (χ4n) is 2.57. The third-order valence-corrected chi connectivity index (χ3v) is 5.10. The monoisotopic (exact) mass is 418 g/mol. The Morgan fingerprint density at radius 1 is 1.10 bits per heavy atom. The smallest absolute Gasteiger partial charge is 0.329 e. The third-order valence-electron chi connectivity index (χ3n) is 4.23. The molecule has 2 amide bonds. The largest absolute Gasteiger partial charge is 0.495 e. The van der Waals surface area contributed by atoms with Crippen LogP contribution in [0.25, 0.3) is 0 Å². The van der Waals surface area contributed by atoms with E-state index in [1.807, 2.05) is 13.0 Å². The molecule has 1 heterocycles. The molecule has 0 saturated heterocycles. The van der Waals surface area contributed by atoms with Gasteiger partial charge >= 0.3 is 5.97 Å². The molecule has 0 bridgehead atoms. The Morgan fingerprint density at radius 2 is 1.83 bits per heavy atom. The van der Waals surface area contributed by atoms with Gasteiger partial charge in [-0.1, -0.05) is 26.0 Å². The molecule has 0 saturated carbocycles. The lowest BCUT2D eigenvalue weighted by Gasteiger charge is -2.23. The van der Waals surface area contributed by atoms with E-state index in [2.05, 4.69) is 10.6 Å². The summed E-state index contributed by atoms with van der Waals surface area (Å²) in [6.45, 7) is 6.96. The number of anilines is 1. The van der Waals surface area contributed by atoms with E-state index in [9.17, 15) is 14.4 Å². The summed E-state index contributed by atoms with van der Waals surface area (Å²) in [7, 11) is 1.51. The molecule has 8 heteroatoms. The van der Waals surface area contributed by atoms with Crippen molar-refractivity contribution in [2.24, 2.45) is 5.92 Å². The molecule has 7 nitrogen and oxygen atoms in total. The van der Waals surface area contributed by atoms with E-state index in [0.29, 0.717) is 16.3 Å². The highest BCUT2D eigenvalue weighted by molar-refractivity contribution is 7.12. The zero-order valence-corrected chi connectivity index (χ0v) is 18.0. The SMILES string of the molecule is COc1ccc(C)cc1NC(=O)[C@H](C)OC(=O)[C@@H](NC(=O)c1cccs1)C(C)C. The van der Waals surface area contributed by atoms with Gasteiger partial charge in [-0.25, -0.2) is 4.79 Å². The standard InChI is InChI=1S/C21H26N2O5S/c1-12(2)18(23-20(25)17-7-6-10-29-17)21(26)28-14(4)19(24)22-15-11-13(3)8-9-16(15)27-5/h6-12,14,18H,1-5H3,(H,22,24)(H,23,25)/t14-,18-/m0/s1. The topological polar surface area (TPSA) is 93.7 Å². The molecular formula is C21H26N2O5S. The number of hydrogen-bond acceptors (Lipinski definition) is 6. The first-order valence-corrected chi connectivity index (χ1v) is 10.1. The summed E-state index contributed by atoms with van der Waals surface area (Å²) in [5, 5.41) is 7.18. The second-order valence-corrected chi connectivity index (χ2v) is 7.89. The molecule has 2 rings (SSSR count). The third kappa shape index (κ3) is 6.05. The lowest BCUT2D eigenvalue weighted by Crippen LogP contribution is -2.47. The van der Waals surface area contributed by atoms with E-state index in [-0.39, 0.29) is 11.8 Å². The van der Waals surface area contributed by atoms with Gasteiger partial charge in [-0.3, -0.25) is 9.59 Å². The molecule has 1 aromatic carbocycles. The Kier molecular flexibility index (Phi) is 7.78. The van der Waals surface area contributed by atoms with E-state index >= 15 is 0 Å². The number of hydrogen-bond donors (Lipinski definition) is 2. The molecule has 0 fully saturated rings. The van der Waals surface area contributed by atoms with Crippen molar-refractivity contribution in [1.29, 1.82) is 0 Å². The van der Waals surface area contributed by atoms with E-state index in [0.717, 1.165) is 5.56 Å². The van der Waals surface area contributed by atoms with Gasteiger partial charge in [-0.05, 0) is 48.9 Å². The van der Waals surface area contributed by atoms with E-state index in [4.69, 9.17) is 9.47 Å². The van der Waals surface area contributed by atoms with Crippen molar-refractivity contribution in [2.45, 2.75) is 39.8 Å². The summed E-state index contributed by atoms with van der Waals surface area (Å²) in [4.78, 5) is 37.9. The van der Waals surface area contributed by atoms with Gasteiger partial charge in [0.2, 0.25) is 0 Å². The first-order valence-electron chi connectivity index (χ1n) is 9.23. The summed E-state index contributed by atoms with van der Waals surface area (Å²) in [5.74, 6) is -1.21. The average molecular weight is 419 g/mol. The first-order chi connectivity index (χ1) is 13.7. The van der Waals surface area contributed by atoms with Crippen LogP contribution in [0.2, 0.25) is 0 Å². The fraction of sp³-hybridized carbons (Fsp3) is 0.381. The summed E-state index contributed by atoms with van der Waals surface area (Å²) < 4.78 is 10.6. The van der Waals surface area contributed by atoms with Crippen LogP contribution in [0.4, 0.5) is 5.69 Å². The minimum atomic E-state index is -1.05. The number of amides is 2. The lowest BCUT2D eigenvalue weighted by molar-refractivity contribution is -0.156. The van der Waals surface area contributed by atoms with Crippen LogP contribution in [0.3, 0.4) is 0 Å². The molecule has 0 aliphatic rings. The predicted octanol–water partition coefficient (Wildman–Crippen LogP) is 3.39. The number of benzene rings is 1. The quantitative estimate of drug-likeness (QED) is 0.641. The number of carbonyl (C=O) groups excluding carboxylic acids is 3. The van der Waals surface area contributed by atoms with Crippen molar-refractivity contribution in [3.05, 3.63) is 46.2 Å². The Bertz CT molecular complexity index is 864. The van der Waals surface area contributed by atoms with Gasteiger partial charge in [-0.2, -0.15) is 0 Å². The second-order valence-electron chi connectivity index (χ2n) is 6.94. The highest BCUT2D eigenvalue weighted by Crippen LogP contribution is 2.25. The van der Waals surface area contributed by atoms with Crippen molar-refractivity contribution in [1.82, 2.24) is 5.32 Å². The number of aryl methyl sites for hydroxylation is 1. The fourth-order valence-corrected chi connectivity index (χ4v) is 3.20. The number of rotatable bonds is 8. The molecule has 29 heavy (non-hydrogen) atoms. The van der Waals surface area contributed by atoms with Gasteiger partial charge in [0.25, 0.3) is 11.8 Å². The molecule has 0 spiro atoms. The van der Waals surface area contributed by atoms with E-state index in [1.165, 1.54) is 25.4 Å². The number of ether oxygens (including phenoxy) is 2. The van der Waals surface area contributed by atoms with Crippen molar-refractivity contribution >= 4 is 34.8 Å². The Morgan fingerprint density at radius 3 is 2.41 bits per heavy atom. The molecule has 0 radical (unpaired) electrons. The zero-order valence-electron chi connectivity index (χ0n) is 17.1. The molecule has 0 aliphatic heterocycles. The van der Waals surface area contributed by atoms with Crippen molar-refractivity contribution in [3.8, 4) is 5.75 Å². The predicted molar refractivity (Wildman–Crippen MR) is 112 cm³/mol. The van der Waals surface area contributed by atoms with Crippen molar-refractivity contribution in [3.63, 3.8) is 0 Å². The van der Waals surface area contributed by atoms with Crippen LogP contribution in [0.1, 0.15) is 36.0 Å². The summed E-state index contributed by atoms with van der Waals surface area (Å²) in [6, 6.07) is 7.94. The lowest BCUT2D eigenvalue weighted by atomic mass is 10.0. The van der Waals surface area contributed by atoms with Crippen LogP contribution in [-0.4, -0.2) is 37.0 Å². The average Bonchev–Trinajstić information content (AvgIpc) is 3.20. The number of carbonyl (C=O) groups is 3. The normalized spacial score (nSPS) is 12.8. The molecule has 2 N–H and O–H groups in total. The van der Waals surface area contributed by atoms with Crippen molar-refractivity contribution in [2.75, 3.05) is 12.4 Å². The number of thiophene rings is 1.